The van der Waals surface area contributed by atoms with Gasteiger partial charge in [-0.05, 0) is 129 Å². The number of benzene rings is 4. The minimum absolute atomic E-state index is 0.0323. The van der Waals surface area contributed by atoms with E-state index in [4.69, 9.17) is 26.2 Å². The quantitative estimate of drug-likeness (QED) is 0.0278. The van der Waals surface area contributed by atoms with Gasteiger partial charge in [0.15, 0.2) is 16.8 Å². The molecule has 6 aromatic rings. The molecule has 2 amide bonds. The molecule has 4 aromatic carbocycles. The topological polar surface area (TPSA) is 168 Å². The van der Waals surface area contributed by atoms with E-state index in [0.29, 0.717) is 57.7 Å². The second-order valence-corrected chi connectivity index (χ2v) is 20.1. The Morgan fingerprint density at radius 1 is 0.821 bits per heavy atom. The van der Waals surface area contributed by atoms with Gasteiger partial charge in [0.05, 0.1) is 69.0 Å². The van der Waals surface area contributed by atoms with Crippen molar-refractivity contribution in [3.05, 3.63) is 129 Å². The van der Waals surface area contributed by atoms with Gasteiger partial charge in [0.25, 0.3) is 15.9 Å². The fourth-order valence-corrected chi connectivity index (χ4v) is 8.68. The third-order valence-electron chi connectivity index (χ3n) is 10.9. The van der Waals surface area contributed by atoms with Crippen molar-refractivity contribution < 1.29 is 45.1 Å². The highest BCUT2D eigenvalue weighted by molar-refractivity contribution is 14.1. The maximum Gasteiger partial charge on any atom is 0.277 e. The third kappa shape index (κ3) is 11.9. The van der Waals surface area contributed by atoms with E-state index in [0.717, 1.165) is 36.4 Å². The molecular formula is C46H44ClF4IN8O6S. The average Bonchev–Trinajstić information content (AvgIpc) is 3.29. The van der Waals surface area contributed by atoms with E-state index in [1.807, 2.05) is 47.4 Å². The second-order valence-electron chi connectivity index (χ2n) is 16.8. The molecule has 3 N–H and O–H groups in total. The van der Waals surface area contributed by atoms with Crippen LogP contribution in [0.2, 0.25) is 5.15 Å². The smallest absolute Gasteiger partial charge is 0.277 e. The Labute approximate surface area is 402 Å². The van der Waals surface area contributed by atoms with Crippen molar-refractivity contribution in [1.82, 2.24) is 25.3 Å². The predicted molar refractivity (Wildman–Crippen MR) is 254 cm³/mol. The molecule has 1 fully saturated rings. The largest absolute Gasteiger partial charge is 0.374 e. The van der Waals surface area contributed by atoms with Crippen molar-refractivity contribution in [2.24, 2.45) is 5.41 Å². The van der Waals surface area contributed by atoms with Crippen LogP contribution in [-0.4, -0.2) is 85.1 Å². The third-order valence-corrected chi connectivity index (χ3v) is 13.2. The summed E-state index contributed by atoms with van der Waals surface area (Å²) >= 11 is 8.18. The number of nitrogens with zero attached hydrogens (tertiary/aromatic N) is 5. The standard InChI is InChI=1S/C46H44ClF4IN8O6S/c1-45(2,26-65-46(3,4)15-20-66-57-43(61)32-11-12-33(49)40(51)41(32)56-35-14-8-30(52)23-34(35)50)44(62)60-18-16-59(17-19-60)39-25-53-36-13-5-27(21-37(36)55-39)28-22-38(42(47)54-24-28)58-67(63,64)31-9-6-29(48)7-10-31/h5-14,21-25,56,58H,15-20,26H2,1-4H3,(H,57,61). The summed E-state index contributed by atoms with van der Waals surface area (Å²) in [5.41, 5.74) is 1.96. The Hall–Kier alpha value is -5.68. The van der Waals surface area contributed by atoms with Crippen LogP contribution in [0.3, 0.4) is 0 Å². The summed E-state index contributed by atoms with van der Waals surface area (Å²) < 4.78 is 92.1. The van der Waals surface area contributed by atoms with Crippen molar-refractivity contribution in [1.29, 1.82) is 0 Å². The van der Waals surface area contributed by atoms with Crippen molar-refractivity contribution in [2.75, 3.05) is 54.3 Å². The lowest BCUT2D eigenvalue weighted by molar-refractivity contribution is -0.149. The maximum atomic E-state index is 14.8. The molecule has 67 heavy (non-hydrogen) atoms. The van der Waals surface area contributed by atoms with Gasteiger partial charge in [-0.1, -0.05) is 17.7 Å². The molecule has 7 rings (SSSR count). The first kappa shape index (κ1) is 49.2. The molecule has 0 spiro atoms. The lowest BCUT2D eigenvalue weighted by Gasteiger charge is -2.39. The van der Waals surface area contributed by atoms with Gasteiger partial charge in [-0.3, -0.25) is 24.1 Å². The average molecular weight is 1080 g/mol. The van der Waals surface area contributed by atoms with Crippen molar-refractivity contribution in [3.8, 4) is 11.1 Å². The number of nitrogens with one attached hydrogen (secondary N) is 3. The normalized spacial score (nSPS) is 13.5. The molecule has 1 aliphatic rings. The lowest BCUT2D eigenvalue weighted by Crippen LogP contribution is -2.53. The van der Waals surface area contributed by atoms with Gasteiger partial charge in [-0.15, -0.1) is 0 Å². The second kappa shape index (κ2) is 20.3. The van der Waals surface area contributed by atoms with Crippen LogP contribution in [0, 0.1) is 32.3 Å². The lowest BCUT2D eigenvalue weighted by atomic mass is 9.91. The number of rotatable bonds is 16. The SMILES string of the molecule is CC(C)(CCONC(=O)c1ccc(F)c(F)c1Nc1ccc(I)cc1F)OCC(C)(C)C(=O)N1CCN(c2cnc3ccc(-c4cnc(Cl)c(NS(=O)(=O)c5ccc(F)cc5)c4)cc3n2)CC1. The molecule has 3 heterocycles. The minimum atomic E-state index is -4.09. The van der Waals surface area contributed by atoms with E-state index in [-0.39, 0.29) is 52.5 Å². The number of carbonyl (C=O) groups is 2. The molecule has 1 aliphatic heterocycles. The summed E-state index contributed by atoms with van der Waals surface area (Å²) in [6.07, 6.45) is 3.46. The summed E-state index contributed by atoms with van der Waals surface area (Å²) in [5, 5.41) is 2.40. The van der Waals surface area contributed by atoms with Crippen LogP contribution >= 0.6 is 34.2 Å². The fourth-order valence-electron chi connectivity index (χ4n) is 6.96. The van der Waals surface area contributed by atoms with Crippen LogP contribution in [0.5, 0.6) is 0 Å². The number of pyridine rings is 1. The van der Waals surface area contributed by atoms with E-state index in [9.17, 15) is 35.6 Å². The Morgan fingerprint density at radius 3 is 2.27 bits per heavy atom. The van der Waals surface area contributed by atoms with E-state index in [1.54, 1.807) is 49.2 Å². The number of halogens is 6. The Balaban J connectivity index is 0.903. The number of amides is 2. The highest BCUT2D eigenvalue weighted by atomic mass is 127. The summed E-state index contributed by atoms with van der Waals surface area (Å²) in [6, 6.07) is 17.3. The van der Waals surface area contributed by atoms with Crippen LogP contribution in [-0.2, 0) is 24.4 Å². The van der Waals surface area contributed by atoms with Crippen molar-refractivity contribution in [2.45, 2.75) is 44.6 Å². The van der Waals surface area contributed by atoms with E-state index in [2.05, 4.69) is 25.5 Å². The van der Waals surface area contributed by atoms with Crippen LogP contribution in [0.25, 0.3) is 22.2 Å². The van der Waals surface area contributed by atoms with Gasteiger partial charge in [-0.25, -0.2) is 41.4 Å². The monoisotopic (exact) mass is 1070 g/mol. The zero-order valence-corrected chi connectivity index (χ0v) is 40.2. The zero-order valence-electron chi connectivity index (χ0n) is 36.5. The number of hydrogen-bond donors (Lipinski definition) is 3. The fraction of sp³-hybridized carbons (Fsp3) is 0.283. The Morgan fingerprint density at radius 2 is 1.55 bits per heavy atom. The maximum absolute atomic E-state index is 14.8. The Bertz CT molecular complexity index is 2950. The van der Waals surface area contributed by atoms with E-state index >= 15 is 0 Å². The van der Waals surface area contributed by atoms with Gasteiger partial charge in [0, 0.05) is 47.9 Å². The molecule has 0 bridgehead atoms. The highest BCUT2D eigenvalue weighted by Gasteiger charge is 2.36. The number of carbonyl (C=O) groups excluding carboxylic acids is 2. The summed E-state index contributed by atoms with van der Waals surface area (Å²) in [7, 11) is -4.09. The molecule has 0 unspecified atom stereocenters. The summed E-state index contributed by atoms with van der Waals surface area (Å²) in [6.45, 7) is 9.07. The number of hydroxylamine groups is 1. The number of fused-ring (bicyclic) bond motifs is 1. The first-order chi connectivity index (χ1) is 31.7. The number of sulfonamides is 1. The van der Waals surface area contributed by atoms with Crippen LogP contribution < -0.4 is 20.4 Å². The van der Waals surface area contributed by atoms with Crippen LogP contribution in [0.15, 0.2) is 96.2 Å². The molecule has 0 atom stereocenters. The highest BCUT2D eigenvalue weighted by Crippen LogP contribution is 2.32. The molecule has 352 valence electrons. The van der Waals surface area contributed by atoms with E-state index < -0.39 is 55.9 Å². The predicted octanol–water partition coefficient (Wildman–Crippen LogP) is 9.27. The number of piperazine rings is 1. The van der Waals surface area contributed by atoms with Crippen LogP contribution in [0.1, 0.15) is 44.5 Å². The zero-order chi connectivity index (χ0) is 48.3. The number of hydrogen-bond acceptors (Lipinski definition) is 11. The molecule has 0 aliphatic carbocycles. The molecule has 2 aromatic heterocycles. The number of aromatic nitrogens is 3. The first-order valence-corrected chi connectivity index (χ1v) is 23.7. The van der Waals surface area contributed by atoms with E-state index in [1.165, 1.54) is 18.3 Å². The van der Waals surface area contributed by atoms with Gasteiger partial charge in [0.1, 0.15) is 17.5 Å². The minimum Gasteiger partial charge on any atom is -0.374 e. The van der Waals surface area contributed by atoms with Gasteiger partial charge in [0.2, 0.25) is 5.91 Å². The summed E-state index contributed by atoms with van der Waals surface area (Å²) in [5.74, 6) is -4.26. The van der Waals surface area contributed by atoms with Crippen LogP contribution in [0.4, 0.5) is 40.4 Å². The molecule has 14 nitrogen and oxygen atoms in total. The number of ether oxygens (including phenoxy) is 1. The Kier molecular flexibility index (Phi) is 14.9. The van der Waals surface area contributed by atoms with Gasteiger partial charge < -0.3 is 19.9 Å². The summed E-state index contributed by atoms with van der Waals surface area (Å²) in [4.78, 5) is 49.5. The first-order valence-electron chi connectivity index (χ1n) is 20.7. The number of anilines is 4. The molecule has 21 heteroatoms. The van der Waals surface area contributed by atoms with Gasteiger partial charge >= 0.3 is 0 Å². The van der Waals surface area contributed by atoms with Crippen molar-refractivity contribution in [3.63, 3.8) is 0 Å². The molecule has 0 radical (unpaired) electrons. The molecule has 0 saturated carbocycles. The van der Waals surface area contributed by atoms with Gasteiger partial charge in [-0.2, -0.15) is 0 Å². The molecular weight excluding hydrogens is 1030 g/mol. The van der Waals surface area contributed by atoms with Crippen molar-refractivity contribution >= 4 is 89.9 Å². The molecule has 1 saturated heterocycles.